The van der Waals surface area contributed by atoms with Crippen LogP contribution in [0.4, 0.5) is 14.6 Å². The van der Waals surface area contributed by atoms with Crippen LogP contribution in [0.15, 0.2) is 42.6 Å². The largest absolute Gasteiger partial charge is 0.481 e. The van der Waals surface area contributed by atoms with Crippen molar-refractivity contribution in [3.8, 4) is 0 Å². The van der Waals surface area contributed by atoms with Crippen LogP contribution in [0.25, 0.3) is 0 Å². The number of hydrogen-bond donors (Lipinski definition) is 1. The number of carbonyl (C=O) groups is 1. The van der Waals surface area contributed by atoms with E-state index in [1.807, 2.05) is 0 Å². The molecule has 0 radical (unpaired) electrons. The molecular formula is C18H18F2N2O2. The molecule has 1 atom stereocenters. The van der Waals surface area contributed by atoms with Gasteiger partial charge in [0.25, 0.3) is 0 Å². The van der Waals surface area contributed by atoms with Crippen LogP contribution in [-0.4, -0.2) is 29.1 Å². The van der Waals surface area contributed by atoms with Gasteiger partial charge in [0, 0.05) is 19.3 Å². The van der Waals surface area contributed by atoms with Crippen molar-refractivity contribution in [1.29, 1.82) is 0 Å². The summed E-state index contributed by atoms with van der Waals surface area (Å²) in [4.78, 5) is 17.7. The van der Waals surface area contributed by atoms with Gasteiger partial charge in [-0.25, -0.2) is 13.8 Å². The van der Waals surface area contributed by atoms with Crippen molar-refractivity contribution < 1.29 is 18.7 Å². The van der Waals surface area contributed by atoms with Gasteiger partial charge in [-0.2, -0.15) is 0 Å². The van der Waals surface area contributed by atoms with Crippen LogP contribution in [0.2, 0.25) is 0 Å². The highest BCUT2D eigenvalue weighted by Crippen LogP contribution is 2.36. The quantitative estimate of drug-likeness (QED) is 0.934. The minimum Gasteiger partial charge on any atom is -0.481 e. The van der Waals surface area contributed by atoms with Gasteiger partial charge in [-0.1, -0.05) is 12.1 Å². The van der Waals surface area contributed by atoms with E-state index in [9.17, 15) is 18.7 Å². The molecule has 1 aliphatic rings. The number of carboxylic acids is 1. The maximum atomic E-state index is 14.0. The van der Waals surface area contributed by atoms with Crippen LogP contribution >= 0.6 is 0 Å². The number of hydrogen-bond acceptors (Lipinski definition) is 3. The molecule has 0 aliphatic carbocycles. The Morgan fingerprint density at radius 3 is 2.67 bits per heavy atom. The molecule has 2 heterocycles. The summed E-state index contributed by atoms with van der Waals surface area (Å²) in [6.45, 7) is 0.736. The molecule has 1 aromatic heterocycles. The molecule has 1 fully saturated rings. The molecule has 2 aromatic rings. The molecule has 126 valence electrons. The van der Waals surface area contributed by atoms with Crippen molar-refractivity contribution in [3.63, 3.8) is 0 Å². The Balaban J connectivity index is 1.88. The third-order valence-corrected chi connectivity index (χ3v) is 4.52. The van der Waals surface area contributed by atoms with E-state index in [-0.39, 0.29) is 24.6 Å². The number of anilines is 1. The molecule has 0 bridgehead atoms. The lowest BCUT2D eigenvalue weighted by atomic mass is 9.75. The fourth-order valence-corrected chi connectivity index (χ4v) is 3.31. The van der Waals surface area contributed by atoms with Crippen molar-refractivity contribution in [1.82, 2.24) is 4.98 Å². The number of carboxylic acid groups (broad SMARTS) is 1. The zero-order valence-corrected chi connectivity index (χ0v) is 13.1. The van der Waals surface area contributed by atoms with Gasteiger partial charge in [0.05, 0.1) is 5.41 Å². The summed E-state index contributed by atoms with van der Waals surface area (Å²) in [7, 11) is 0. The summed E-state index contributed by atoms with van der Waals surface area (Å²) in [5.41, 5.74) is -0.290. The molecular weight excluding hydrogens is 314 g/mol. The van der Waals surface area contributed by atoms with Gasteiger partial charge in [-0.15, -0.1) is 0 Å². The fourth-order valence-electron chi connectivity index (χ4n) is 3.31. The number of aromatic nitrogens is 1. The van der Waals surface area contributed by atoms with E-state index in [1.54, 1.807) is 17.0 Å². The van der Waals surface area contributed by atoms with E-state index in [1.165, 1.54) is 30.5 Å². The van der Waals surface area contributed by atoms with Gasteiger partial charge < -0.3 is 10.0 Å². The lowest BCUT2D eigenvalue weighted by Gasteiger charge is -2.40. The van der Waals surface area contributed by atoms with Crippen LogP contribution in [-0.2, 0) is 11.2 Å². The third-order valence-electron chi connectivity index (χ3n) is 4.52. The van der Waals surface area contributed by atoms with Gasteiger partial charge in [-0.05, 0) is 49.1 Å². The second kappa shape index (κ2) is 6.55. The summed E-state index contributed by atoms with van der Waals surface area (Å²) in [5.74, 6) is -1.56. The van der Waals surface area contributed by atoms with Gasteiger partial charge in [0.15, 0.2) is 11.6 Å². The van der Waals surface area contributed by atoms with Gasteiger partial charge in [-0.3, -0.25) is 4.79 Å². The number of halogens is 2. The molecule has 0 unspecified atom stereocenters. The average Bonchev–Trinajstić information content (AvgIpc) is 2.57. The molecule has 6 heteroatoms. The van der Waals surface area contributed by atoms with E-state index in [4.69, 9.17) is 0 Å². The van der Waals surface area contributed by atoms with Gasteiger partial charge >= 0.3 is 5.97 Å². The first-order valence-electron chi connectivity index (χ1n) is 7.83. The molecule has 1 saturated heterocycles. The number of aliphatic carboxylic acids is 1. The number of nitrogens with zero attached hydrogens (tertiary/aromatic N) is 2. The Bertz CT molecular complexity index is 736. The monoisotopic (exact) mass is 332 g/mol. The average molecular weight is 332 g/mol. The van der Waals surface area contributed by atoms with E-state index in [0.717, 1.165) is 5.56 Å². The second-order valence-electron chi connectivity index (χ2n) is 6.22. The molecule has 0 spiro atoms. The number of benzene rings is 1. The Morgan fingerprint density at radius 1 is 1.25 bits per heavy atom. The van der Waals surface area contributed by atoms with Crippen LogP contribution in [0, 0.1) is 17.0 Å². The standard InChI is InChI=1S/C18H18F2N2O2/c19-14-6-4-13(5-7-14)11-18(17(23)24)8-2-10-22(12-18)16-15(20)3-1-9-21-16/h1,3-7,9H,2,8,10-12H2,(H,23,24)/t18-/m0/s1. The van der Waals surface area contributed by atoms with Crippen molar-refractivity contribution in [3.05, 3.63) is 59.8 Å². The van der Waals surface area contributed by atoms with E-state index < -0.39 is 17.2 Å². The lowest BCUT2D eigenvalue weighted by molar-refractivity contribution is -0.149. The van der Waals surface area contributed by atoms with E-state index in [0.29, 0.717) is 19.4 Å². The number of rotatable bonds is 4. The molecule has 1 N–H and O–H groups in total. The zero-order valence-electron chi connectivity index (χ0n) is 13.1. The van der Waals surface area contributed by atoms with Gasteiger partial charge in [0.2, 0.25) is 0 Å². The first-order chi connectivity index (χ1) is 11.5. The highest BCUT2D eigenvalue weighted by molar-refractivity contribution is 5.76. The molecule has 3 rings (SSSR count). The first-order valence-corrected chi connectivity index (χ1v) is 7.83. The lowest BCUT2D eigenvalue weighted by Crippen LogP contribution is -2.49. The Kier molecular flexibility index (Phi) is 4.46. The third kappa shape index (κ3) is 3.22. The summed E-state index contributed by atoms with van der Waals surface area (Å²) in [6, 6.07) is 8.67. The first kappa shape index (κ1) is 16.4. The van der Waals surface area contributed by atoms with Crippen molar-refractivity contribution >= 4 is 11.8 Å². The minimum absolute atomic E-state index is 0.174. The predicted molar refractivity (Wildman–Crippen MR) is 85.8 cm³/mol. The highest BCUT2D eigenvalue weighted by atomic mass is 19.1. The Hall–Kier alpha value is -2.50. The summed E-state index contributed by atoms with van der Waals surface area (Å²) in [5, 5.41) is 9.82. The molecule has 1 aromatic carbocycles. The van der Waals surface area contributed by atoms with E-state index in [2.05, 4.69) is 4.98 Å². The van der Waals surface area contributed by atoms with Crippen molar-refractivity contribution in [2.45, 2.75) is 19.3 Å². The molecule has 24 heavy (non-hydrogen) atoms. The van der Waals surface area contributed by atoms with Crippen LogP contribution in [0.3, 0.4) is 0 Å². The molecule has 0 saturated carbocycles. The van der Waals surface area contributed by atoms with Crippen LogP contribution in [0.5, 0.6) is 0 Å². The molecule has 4 nitrogen and oxygen atoms in total. The summed E-state index contributed by atoms with van der Waals surface area (Å²) >= 11 is 0. The maximum Gasteiger partial charge on any atom is 0.311 e. The van der Waals surface area contributed by atoms with Gasteiger partial charge in [0.1, 0.15) is 5.82 Å². The number of pyridine rings is 1. The SMILES string of the molecule is O=C(O)[C@]1(Cc2ccc(F)cc2)CCCN(c2ncccc2F)C1. The van der Waals surface area contributed by atoms with Crippen LogP contribution < -0.4 is 4.90 Å². The molecule has 1 aliphatic heterocycles. The predicted octanol–water partition coefficient (Wildman–Crippen LogP) is 3.27. The zero-order chi connectivity index (χ0) is 17.2. The van der Waals surface area contributed by atoms with Crippen LogP contribution in [0.1, 0.15) is 18.4 Å². The Labute approximate surface area is 138 Å². The fraction of sp³-hybridized carbons (Fsp3) is 0.333. The smallest absolute Gasteiger partial charge is 0.311 e. The normalized spacial score (nSPS) is 20.8. The summed E-state index contributed by atoms with van der Waals surface area (Å²) < 4.78 is 27.1. The van der Waals surface area contributed by atoms with Crippen molar-refractivity contribution in [2.24, 2.45) is 5.41 Å². The summed E-state index contributed by atoms with van der Waals surface area (Å²) in [6.07, 6.45) is 2.89. The Morgan fingerprint density at radius 2 is 2.00 bits per heavy atom. The topological polar surface area (TPSA) is 53.4 Å². The van der Waals surface area contributed by atoms with E-state index >= 15 is 0 Å². The number of piperidine rings is 1. The highest BCUT2D eigenvalue weighted by Gasteiger charge is 2.43. The molecule has 0 amide bonds. The maximum absolute atomic E-state index is 14.0. The van der Waals surface area contributed by atoms with Crippen molar-refractivity contribution in [2.75, 3.05) is 18.0 Å². The minimum atomic E-state index is -1.04. The second-order valence-corrected chi connectivity index (χ2v) is 6.22.